The highest BCUT2D eigenvalue weighted by Crippen LogP contribution is 2.15. The van der Waals surface area contributed by atoms with E-state index in [4.69, 9.17) is 5.11 Å². The molecule has 0 saturated heterocycles. The average Bonchev–Trinajstić information content (AvgIpc) is 1.85. The van der Waals surface area contributed by atoms with Crippen LogP contribution < -0.4 is 4.72 Å². The first-order valence-corrected chi connectivity index (χ1v) is 5.37. The van der Waals surface area contributed by atoms with E-state index in [9.17, 15) is 4.79 Å². The SMILES string of the molecule is CN(C)CCSSNC(=O)O. The zero-order valence-electron chi connectivity index (χ0n) is 6.53. The van der Waals surface area contributed by atoms with E-state index in [2.05, 4.69) is 4.72 Å². The molecule has 0 aromatic heterocycles. The molecule has 4 nitrogen and oxygen atoms in total. The van der Waals surface area contributed by atoms with Gasteiger partial charge in [-0.05, 0) is 14.1 Å². The van der Waals surface area contributed by atoms with E-state index < -0.39 is 6.09 Å². The first kappa shape index (κ1) is 10.9. The fourth-order valence-corrected chi connectivity index (χ4v) is 1.84. The second-order valence-corrected chi connectivity index (χ2v) is 4.34. The first-order chi connectivity index (χ1) is 5.13. The molecule has 0 aliphatic rings. The minimum absolute atomic E-state index is 0.915. The Morgan fingerprint density at radius 2 is 2.27 bits per heavy atom. The maximum atomic E-state index is 9.94. The lowest BCUT2D eigenvalue weighted by molar-refractivity contribution is 0.202. The third kappa shape index (κ3) is 9.93. The summed E-state index contributed by atoms with van der Waals surface area (Å²) in [6.07, 6.45) is -0.993. The summed E-state index contributed by atoms with van der Waals surface area (Å²) in [5.41, 5.74) is 0. The number of nitrogens with zero attached hydrogens (tertiary/aromatic N) is 1. The standard InChI is InChI=1S/C5H12N2O2S2/c1-7(2)3-4-10-11-6-5(8)9/h6H,3-4H2,1-2H3,(H,8,9). The molecule has 1 amide bonds. The van der Waals surface area contributed by atoms with E-state index in [1.54, 1.807) is 0 Å². The Bertz CT molecular complexity index is 121. The van der Waals surface area contributed by atoms with Crippen LogP contribution in [0.4, 0.5) is 4.79 Å². The smallest absolute Gasteiger partial charge is 0.415 e. The quantitative estimate of drug-likeness (QED) is 0.392. The summed E-state index contributed by atoms with van der Waals surface area (Å²) in [5, 5.41) is 8.17. The van der Waals surface area contributed by atoms with Crippen molar-refractivity contribution < 1.29 is 9.90 Å². The van der Waals surface area contributed by atoms with E-state index in [0.29, 0.717) is 0 Å². The minimum atomic E-state index is -0.993. The zero-order valence-corrected chi connectivity index (χ0v) is 8.17. The number of nitrogens with one attached hydrogen (secondary N) is 1. The van der Waals surface area contributed by atoms with E-state index >= 15 is 0 Å². The summed E-state index contributed by atoms with van der Waals surface area (Å²) >= 11 is 0. The number of hydrogen-bond acceptors (Lipinski definition) is 4. The van der Waals surface area contributed by atoms with Crippen LogP contribution in [0, 0.1) is 0 Å². The summed E-state index contributed by atoms with van der Waals surface area (Å²) in [4.78, 5) is 12.0. The van der Waals surface area contributed by atoms with E-state index in [-0.39, 0.29) is 0 Å². The number of carboxylic acid groups (broad SMARTS) is 1. The highest BCUT2D eigenvalue weighted by atomic mass is 33.1. The topological polar surface area (TPSA) is 52.6 Å². The van der Waals surface area contributed by atoms with E-state index in [0.717, 1.165) is 23.3 Å². The third-order valence-electron chi connectivity index (χ3n) is 0.810. The van der Waals surface area contributed by atoms with Gasteiger partial charge in [-0.3, -0.25) is 4.72 Å². The van der Waals surface area contributed by atoms with Crippen molar-refractivity contribution in [2.75, 3.05) is 26.4 Å². The van der Waals surface area contributed by atoms with Crippen molar-refractivity contribution in [1.82, 2.24) is 9.62 Å². The van der Waals surface area contributed by atoms with Crippen molar-refractivity contribution in [3.8, 4) is 0 Å². The Kier molecular flexibility index (Phi) is 6.59. The Morgan fingerprint density at radius 3 is 2.73 bits per heavy atom. The monoisotopic (exact) mass is 196 g/mol. The molecule has 0 aromatic rings. The predicted octanol–water partition coefficient (Wildman–Crippen LogP) is 1.11. The lowest BCUT2D eigenvalue weighted by Crippen LogP contribution is -2.15. The molecule has 66 valence electrons. The second-order valence-electron chi connectivity index (χ2n) is 2.12. The molecule has 0 unspecified atom stereocenters. The molecule has 0 atom stereocenters. The molecule has 0 saturated carbocycles. The van der Waals surface area contributed by atoms with Gasteiger partial charge in [-0.1, -0.05) is 10.8 Å². The summed E-state index contributed by atoms with van der Waals surface area (Å²) < 4.78 is 2.20. The molecular weight excluding hydrogens is 184 g/mol. The van der Waals surface area contributed by atoms with Crippen LogP contribution in [0.3, 0.4) is 0 Å². The summed E-state index contributed by atoms with van der Waals surface area (Å²) in [6, 6.07) is 0. The highest BCUT2D eigenvalue weighted by molar-refractivity contribution is 8.76. The predicted molar refractivity (Wildman–Crippen MR) is 49.8 cm³/mol. The van der Waals surface area contributed by atoms with E-state index in [1.165, 1.54) is 10.8 Å². The van der Waals surface area contributed by atoms with Crippen molar-refractivity contribution in [2.24, 2.45) is 0 Å². The van der Waals surface area contributed by atoms with Gasteiger partial charge in [-0.2, -0.15) is 0 Å². The van der Waals surface area contributed by atoms with Crippen LogP contribution in [0.15, 0.2) is 0 Å². The highest BCUT2D eigenvalue weighted by Gasteiger charge is 1.95. The molecule has 0 fully saturated rings. The largest absolute Gasteiger partial charge is 0.464 e. The van der Waals surface area contributed by atoms with Gasteiger partial charge in [0, 0.05) is 23.3 Å². The van der Waals surface area contributed by atoms with Gasteiger partial charge in [0.2, 0.25) is 0 Å². The van der Waals surface area contributed by atoms with Gasteiger partial charge in [0.05, 0.1) is 0 Å². The van der Waals surface area contributed by atoms with Crippen LogP contribution in [0.5, 0.6) is 0 Å². The normalized spacial score (nSPS) is 10.1. The van der Waals surface area contributed by atoms with Crippen LogP contribution in [-0.4, -0.2) is 42.5 Å². The second kappa shape index (κ2) is 6.63. The fraction of sp³-hybridized carbons (Fsp3) is 0.800. The zero-order chi connectivity index (χ0) is 8.69. The lowest BCUT2D eigenvalue weighted by Gasteiger charge is -2.07. The van der Waals surface area contributed by atoms with Crippen molar-refractivity contribution in [3.05, 3.63) is 0 Å². The average molecular weight is 196 g/mol. The van der Waals surface area contributed by atoms with Gasteiger partial charge < -0.3 is 10.0 Å². The summed E-state index contributed by atoms with van der Waals surface area (Å²) in [7, 11) is 6.60. The molecule has 2 N–H and O–H groups in total. The van der Waals surface area contributed by atoms with Gasteiger partial charge in [-0.25, -0.2) is 4.79 Å². The lowest BCUT2D eigenvalue weighted by atomic mass is 10.7. The number of hydrogen-bond donors (Lipinski definition) is 2. The number of rotatable bonds is 5. The van der Waals surface area contributed by atoms with Gasteiger partial charge in [0.1, 0.15) is 0 Å². The van der Waals surface area contributed by atoms with Crippen LogP contribution in [0.2, 0.25) is 0 Å². The van der Waals surface area contributed by atoms with Crippen LogP contribution >= 0.6 is 21.8 Å². The maximum Gasteiger partial charge on any atom is 0.415 e. The Balaban J connectivity index is 2.97. The molecule has 11 heavy (non-hydrogen) atoms. The van der Waals surface area contributed by atoms with Gasteiger partial charge >= 0.3 is 6.09 Å². The molecule has 0 aliphatic heterocycles. The Morgan fingerprint density at radius 1 is 1.64 bits per heavy atom. The molecule has 0 aromatic carbocycles. The Hall–Kier alpha value is -0.0700. The molecule has 0 radical (unpaired) electrons. The summed E-state index contributed by atoms with van der Waals surface area (Å²) in [5.74, 6) is 0.915. The van der Waals surface area contributed by atoms with Crippen molar-refractivity contribution in [2.45, 2.75) is 0 Å². The molecule has 0 rings (SSSR count). The number of carbonyl (C=O) groups is 1. The van der Waals surface area contributed by atoms with E-state index in [1.807, 2.05) is 19.0 Å². The summed E-state index contributed by atoms with van der Waals surface area (Å²) in [6.45, 7) is 0.957. The molecule has 6 heteroatoms. The van der Waals surface area contributed by atoms with Crippen molar-refractivity contribution >= 4 is 27.9 Å². The molecular formula is C5H12N2O2S2. The first-order valence-electron chi connectivity index (χ1n) is 3.05. The Labute approximate surface area is 74.2 Å². The van der Waals surface area contributed by atoms with Crippen LogP contribution in [0.25, 0.3) is 0 Å². The molecule has 0 aliphatic carbocycles. The number of amides is 1. The van der Waals surface area contributed by atoms with Crippen molar-refractivity contribution in [1.29, 1.82) is 0 Å². The third-order valence-corrected chi connectivity index (χ3v) is 2.64. The van der Waals surface area contributed by atoms with Gasteiger partial charge in [0.15, 0.2) is 0 Å². The van der Waals surface area contributed by atoms with Crippen LogP contribution in [0.1, 0.15) is 0 Å². The van der Waals surface area contributed by atoms with Gasteiger partial charge in [-0.15, -0.1) is 0 Å². The van der Waals surface area contributed by atoms with Crippen LogP contribution in [-0.2, 0) is 0 Å². The van der Waals surface area contributed by atoms with Crippen molar-refractivity contribution in [3.63, 3.8) is 0 Å². The maximum absolute atomic E-state index is 9.94. The molecule has 0 bridgehead atoms. The van der Waals surface area contributed by atoms with Gasteiger partial charge in [0.25, 0.3) is 0 Å². The molecule has 0 heterocycles. The minimum Gasteiger partial charge on any atom is -0.464 e. The molecule has 0 spiro atoms. The fourth-order valence-electron chi connectivity index (χ4n) is 0.327.